The molecule has 4 rings (SSSR count). The Morgan fingerprint density at radius 2 is 1.97 bits per heavy atom. The topological polar surface area (TPSA) is 208 Å². The fraction of sp³-hybridized carbons (Fsp3) is 0.238. The van der Waals surface area contributed by atoms with Gasteiger partial charge in [-0.15, -0.1) is 11.8 Å². The van der Waals surface area contributed by atoms with Crippen molar-refractivity contribution >= 4 is 52.9 Å². The number of aliphatic carboxylic acids is 1. The number of carboxylic acid groups (broad SMARTS) is 1. The minimum atomic E-state index is -1.45. The number of primary amides is 1. The summed E-state index contributed by atoms with van der Waals surface area (Å²) in [7, 11) is 0. The Bertz CT molecular complexity index is 1350. The number of urea groups is 1. The molecule has 1 unspecified atom stereocenters. The van der Waals surface area contributed by atoms with Gasteiger partial charge in [-0.3, -0.25) is 29.2 Å². The van der Waals surface area contributed by atoms with Gasteiger partial charge >= 0.3 is 35.6 Å². The van der Waals surface area contributed by atoms with Crippen molar-refractivity contribution in [1.82, 2.24) is 20.2 Å². The van der Waals surface area contributed by atoms with Crippen molar-refractivity contribution in [2.24, 2.45) is 5.73 Å². The molecule has 182 valence electrons. The van der Waals surface area contributed by atoms with Crippen LogP contribution in [0.5, 0.6) is 0 Å². The molecule has 0 saturated carbocycles. The molecular weight excluding hydrogens is 501 g/mol. The molecule has 1 saturated heterocycles. The molecule has 1 aromatic carbocycles. The summed E-state index contributed by atoms with van der Waals surface area (Å²) < 4.78 is 0. The predicted molar refractivity (Wildman–Crippen MR) is 124 cm³/mol. The summed E-state index contributed by atoms with van der Waals surface area (Å²) >= 11 is 1.33. The van der Waals surface area contributed by atoms with Crippen LogP contribution in [0.25, 0.3) is 0 Å². The fourth-order valence-electron chi connectivity index (χ4n) is 3.97. The molecule has 13 nitrogen and oxygen atoms in total. The second kappa shape index (κ2) is 10.7. The molecule has 2 aliphatic rings. The van der Waals surface area contributed by atoms with E-state index < -0.39 is 40.8 Å². The summed E-state index contributed by atoms with van der Waals surface area (Å²) in [5.74, 6) is -2.32. The summed E-state index contributed by atoms with van der Waals surface area (Å²) in [6.07, 6.45) is 0.825. The molecule has 0 bridgehead atoms. The van der Waals surface area contributed by atoms with E-state index in [2.05, 4.69) is 15.3 Å². The summed E-state index contributed by atoms with van der Waals surface area (Å²) in [5.41, 5.74) is 10.9. The van der Waals surface area contributed by atoms with Gasteiger partial charge in [0.15, 0.2) is 5.95 Å². The van der Waals surface area contributed by atoms with E-state index in [0.717, 1.165) is 16.0 Å². The molecule has 1 fully saturated rings. The zero-order chi connectivity index (χ0) is 25.4. The van der Waals surface area contributed by atoms with E-state index in [1.54, 1.807) is 25.1 Å². The van der Waals surface area contributed by atoms with Gasteiger partial charge in [-0.1, -0.05) is 18.2 Å². The molecule has 2 atom stereocenters. The van der Waals surface area contributed by atoms with Gasteiger partial charge in [-0.25, -0.2) is 9.78 Å². The second-order valence-corrected chi connectivity index (χ2v) is 8.94. The molecule has 36 heavy (non-hydrogen) atoms. The van der Waals surface area contributed by atoms with E-state index in [0.29, 0.717) is 16.9 Å². The number of aromatic nitrogens is 2. The third-order valence-electron chi connectivity index (χ3n) is 5.51. The number of H-pyrrole nitrogens is 1. The second-order valence-electron chi connectivity index (χ2n) is 7.83. The first-order valence-electron chi connectivity index (χ1n) is 10.3. The number of thioether (sulfide) groups is 1. The van der Waals surface area contributed by atoms with Crippen LogP contribution in [0, 0.1) is 0 Å². The van der Waals surface area contributed by atoms with Crippen LogP contribution in [-0.4, -0.2) is 55.9 Å². The Morgan fingerprint density at radius 1 is 1.28 bits per heavy atom. The maximum absolute atomic E-state index is 12.8. The number of fused-ring (bicyclic) bond motifs is 1. The zero-order valence-corrected chi connectivity index (χ0v) is 22.1. The Morgan fingerprint density at radius 3 is 2.61 bits per heavy atom. The van der Waals surface area contributed by atoms with Crippen LogP contribution in [0.3, 0.4) is 0 Å². The Hall–Kier alpha value is -3.33. The van der Waals surface area contributed by atoms with E-state index >= 15 is 0 Å². The number of carbonyl (C=O) groups excluding carboxylic acids is 4. The Kier molecular flexibility index (Phi) is 8.13. The van der Waals surface area contributed by atoms with Crippen molar-refractivity contribution in [3.63, 3.8) is 0 Å². The Labute approximate surface area is 230 Å². The first-order chi connectivity index (χ1) is 16.6. The van der Waals surface area contributed by atoms with Gasteiger partial charge in [-0.2, -0.15) is 0 Å². The Balaban J connectivity index is 0.00000361. The molecule has 2 aliphatic heterocycles. The van der Waals surface area contributed by atoms with Gasteiger partial charge in [0, 0.05) is 5.75 Å². The molecule has 3 heterocycles. The molecule has 15 heteroatoms. The first-order valence-corrected chi connectivity index (χ1v) is 11.3. The number of aromatic amines is 1. The zero-order valence-electron chi connectivity index (χ0n) is 19.3. The van der Waals surface area contributed by atoms with Gasteiger partial charge in [-0.05, 0) is 24.1 Å². The monoisotopic (exact) mass is 521 g/mol. The summed E-state index contributed by atoms with van der Waals surface area (Å²) in [4.78, 5) is 69.6. The predicted octanol–water partition coefficient (Wildman–Crippen LogP) is -4.46. The van der Waals surface area contributed by atoms with Crippen LogP contribution >= 0.6 is 11.8 Å². The number of benzene rings is 1. The van der Waals surface area contributed by atoms with Crippen LogP contribution in [0.2, 0.25) is 0 Å². The number of nitrogen functional groups attached to an aromatic ring is 1. The first kappa shape index (κ1) is 27.3. The SMILES string of the molecule is CC1=C(C(=O)[O-])N2C(=O)C(NC(=O)Cc3ccccc3N(C(N)=O)c3cnc(N)[nH]c3=O)[C@H]2SC1.[Na+]. The van der Waals surface area contributed by atoms with Crippen LogP contribution in [-0.2, 0) is 20.8 Å². The number of β-lactam (4-membered cyclic amide) rings is 1. The van der Waals surface area contributed by atoms with Crippen LogP contribution in [0.15, 0.2) is 46.5 Å². The number of carboxylic acids is 1. The number of hydrogen-bond donors (Lipinski definition) is 4. The number of amides is 4. The summed E-state index contributed by atoms with van der Waals surface area (Å²) in [6, 6.07) is 4.37. The molecule has 0 aliphatic carbocycles. The van der Waals surface area contributed by atoms with Crippen molar-refractivity contribution in [2.75, 3.05) is 16.4 Å². The minimum Gasteiger partial charge on any atom is -0.543 e. The number of nitrogens with one attached hydrogen (secondary N) is 2. The maximum atomic E-state index is 12.8. The average Bonchev–Trinajstić information content (AvgIpc) is 2.79. The standard InChI is InChI=1S/C21H21N7O6S.Na/c1-9-8-35-18-14(17(31)28(18)15(9)19(32)33)25-13(29)6-10-4-2-3-5-11(10)27(21(23)34)12-7-24-20(22)26-16(12)30;/h2-5,7,14,18H,6,8H2,1H3,(H2,23,34)(H,25,29)(H,32,33)(H3,22,24,26,30);/q;+1/p-1/t14?,18-;/m1./s1. The molecule has 1 aromatic heterocycles. The van der Waals surface area contributed by atoms with Crippen molar-refractivity contribution in [1.29, 1.82) is 0 Å². The minimum absolute atomic E-state index is 0. The van der Waals surface area contributed by atoms with Crippen molar-refractivity contribution in [3.05, 3.63) is 57.6 Å². The number of para-hydroxylation sites is 1. The number of hydrogen-bond acceptors (Lipinski definition) is 9. The van der Waals surface area contributed by atoms with Crippen molar-refractivity contribution in [3.8, 4) is 0 Å². The molecule has 2 aromatic rings. The third-order valence-corrected chi connectivity index (χ3v) is 6.94. The van der Waals surface area contributed by atoms with Gasteiger partial charge in [0.05, 0.1) is 30.0 Å². The van der Waals surface area contributed by atoms with Crippen LogP contribution < -0.4 is 61.9 Å². The molecule has 4 amide bonds. The smallest absolute Gasteiger partial charge is 0.543 e. The molecular formula is C21H20N7NaO6S. The van der Waals surface area contributed by atoms with Crippen molar-refractivity contribution < 1.29 is 53.8 Å². The largest absolute Gasteiger partial charge is 1.00 e. The number of nitrogens with two attached hydrogens (primary N) is 2. The van der Waals surface area contributed by atoms with E-state index in [1.165, 1.54) is 17.8 Å². The van der Waals surface area contributed by atoms with Gasteiger partial charge in [0.25, 0.3) is 11.5 Å². The molecule has 0 radical (unpaired) electrons. The van der Waals surface area contributed by atoms with E-state index in [-0.39, 0.29) is 59.0 Å². The number of anilines is 3. The maximum Gasteiger partial charge on any atom is 1.00 e. The van der Waals surface area contributed by atoms with E-state index in [4.69, 9.17) is 11.5 Å². The number of carbonyl (C=O) groups is 4. The van der Waals surface area contributed by atoms with E-state index in [9.17, 15) is 29.1 Å². The molecule has 0 spiro atoms. The van der Waals surface area contributed by atoms with Crippen molar-refractivity contribution in [2.45, 2.75) is 24.8 Å². The fourth-order valence-corrected chi connectivity index (χ4v) is 5.26. The quantitative estimate of drug-likeness (QED) is 0.213. The number of rotatable bonds is 6. The van der Waals surface area contributed by atoms with Crippen LogP contribution in [0.4, 0.5) is 22.1 Å². The molecule has 6 N–H and O–H groups in total. The normalized spacial score (nSPS) is 18.5. The summed E-state index contributed by atoms with van der Waals surface area (Å²) in [6.45, 7) is 1.61. The van der Waals surface area contributed by atoms with Crippen LogP contribution in [0.1, 0.15) is 12.5 Å². The number of nitrogens with zero attached hydrogens (tertiary/aromatic N) is 3. The van der Waals surface area contributed by atoms with Gasteiger partial charge < -0.3 is 26.7 Å². The van der Waals surface area contributed by atoms with E-state index in [1.807, 2.05) is 0 Å². The third kappa shape index (κ3) is 4.97. The average molecular weight is 521 g/mol. The van der Waals surface area contributed by atoms with Gasteiger partial charge in [0.1, 0.15) is 17.1 Å². The summed E-state index contributed by atoms with van der Waals surface area (Å²) in [5, 5.41) is 13.5. The van der Waals surface area contributed by atoms with Gasteiger partial charge in [0.2, 0.25) is 5.91 Å².